The minimum atomic E-state index is -4.64. The third-order valence-corrected chi connectivity index (χ3v) is 3.68. The van der Waals surface area contributed by atoms with Gasteiger partial charge in [0.15, 0.2) is 0 Å². The number of benzene rings is 1. The van der Waals surface area contributed by atoms with Gasteiger partial charge in [0.2, 0.25) is 0 Å². The van der Waals surface area contributed by atoms with Crippen LogP contribution in [0.25, 0.3) is 0 Å². The molecule has 0 unspecified atom stereocenters. The maximum Gasteiger partial charge on any atom is 0.417 e. The highest BCUT2D eigenvalue weighted by Crippen LogP contribution is 2.34. The van der Waals surface area contributed by atoms with E-state index in [-0.39, 0.29) is 6.54 Å². The lowest BCUT2D eigenvalue weighted by atomic mass is 10.1. The van der Waals surface area contributed by atoms with Crippen LogP contribution in [0.2, 0.25) is 5.02 Å². The Hall–Kier alpha value is -2.08. The zero-order valence-corrected chi connectivity index (χ0v) is 13.2. The largest absolute Gasteiger partial charge is 0.417 e. The van der Waals surface area contributed by atoms with E-state index in [0.717, 1.165) is 18.5 Å². The second kappa shape index (κ2) is 6.58. The van der Waals surface area contributed by atoms with Gasteiger partial charge in [0.1, 0.15) is 0 Å². The Labute approximate surface area is 136 Å². The Morgan fingerprint density at radius 3 is 2.57 bits per heavy atom. The van der Waals surface area contributed by atoms with E-state index in [1.807, 2.05) is 0 Å². The summed E-state index contributed by atoms with van der Waals surface area (Å²) in [5, 5.41) is 0.303. The summed E-state index contributed by atoms with van der Waals surface area (Å²) in [4.78, 5) is 17.6. The number of nitrogens with zero attached hydrogens (tertiary/aromatic N) is 2. The topological polar surface area (TPSA) is 33.2 Å². The van der Waals surface area contributed by atoms with Crippen molar-refractivity contribution in [1.29, 1.82) is 0 Å². The lowest BCUT2D eigenvalue weighted by molar-refractivity contribution is -0.138. The molecular formula is C16H14ClF3N2O. The monoisotopic (exact) mass is 342 g/mol. The van der Waals surface area contributed by atoms with Gasteiger partial charge in [-0.25, -0.2) is 0 Å². The summed E-state index contributed by atoms with van der Waals surface area (Å²) in [5.41, 5.74) is -0.411. The molecule has 0 atom stereocenters. The van der Waals surface area contributed by atoms with Crippen LogP contribution >= 0.6 is 11.6 Å². The molecule has 0 radical (unpaired) electrons. The molecule has 1 aromatic heterocycles. The highest BCUT2D eigenvalue weighted by molar-refractivity contribution is 6.34. The number of pyridine rings is 1. The first kappa shape index (κ1) is 17.3. The number of rotatable bonds is 3. The summed E-state index contributed by atoms with van der Waals surface area (Å²) in [7, 11) is 0. The minimum Gasteiger partial charge on any atom is -0.307 e. The Balaban J connectivity index is 2.55. The van der Waals surface area contributed by atoms with E-state index in [2.05, 4.69) is 4.98 Å². The molecule has 0 saturated carbocycles. The molecule has 122 valence electrons. The summed E-state index contributed by atoms with van der Waals surface area (Å²) in [6, 6.07) is 5.84. The normalized spacial score (nSPS) is 11.4. The van der Waals surface area contributed by atoms with Crippen LogP contribution in [-0.4, -0.2) is 17.4 Å². The molecule has 0 aliphatic rings. The molecule has 2 aromatic rings. The van der Waals surface area contributed by atoms with E-state index in [4.69, 9.17) is 11.6 Å². The number of carbonyl (C=O) groups is 1. The third-order valence-electron chi connectivity index (χ3n) is 3.38. The maximum absolute atomic E-state index is 13.1. The number of amides is 1. The van der Waals surface area contributed by atoms with Gasteiger partial charge in [-0.1, -0.05) is 23.7 Å². The van der Waals surface area contributed by atoms with E-state index in [1.54, 1.807) is 32.0 Å². The van der Waals surface area contributed by atoms with Crippen molar-refractivity contribution in [1.82, 2.24) is 4.98 Å². The molecule has 0 spiro atoms. The lowest BCUT2D eigenvalue weighted by Gasteiger charge is -2.25. The van der Waals surface area contributed by atoms with Crippen molar-refractivity contribution in [3.05, 3.63) is 58.4 Å². The highest BCUT2D eigenvalue weighted by Gasteiger charge is 2.36. The first-order chi connectivity index (χ1) is 10.8. The SMILES string of the molecule is CCN(C(=O)c1cnccc1C(F)(F)F)c1c(C)cccc1Cl. The second-order valence-corrected chi connectivity index (χ2v) is 5.28. The number of anilines is 1. The van der Waals surface area contributed by atoms with Crippen LogP contribution in [-0.2, 0) is 6.18 Å². The number of para-hydroxylation sites is 1. The predicted octanol–water partition coefficient (Wildman–Crippen LogP) is 4.73. The fourth-order valence-electron chi connectivity index (χ4n) is 2.33. The van der Waals surface area contributed by atoms with Crippen molar-refractivity contribution in [2.75, 3.05) is 11.4 Å². The first-order valence-electron chi connectivity index (χ1n) is 6.85. The fraction of sp³-hybridized carbons (Fsp3) is 0.250. The number of hydrogen-bond donors (Lipinski definition) is 0. The molecule has 0 saturated heterocycles. The molecule has 0 bridgehead atoms. The van der Waals surface area contributed by atoms with Gasteiger partial charge in [0.25, 0.3) is 5.91 Å². The molecule has 7 heteroatoms. The van der Waals surface area contributed by atoms with Crippen molar-refractivity contribution in [2.24, 2.45) is 0 Å². The highest BCUT2D eigenvalue weighted by atomic mass is 35.5. The van der Waals surface area contributed by atoms with Gasteiger partial charge in [0, 0.05) is 18.9 Å². The van der Waals surface area contributed by atoms with Gasteiger partial charge < -0.3 is 4.90 Å². The van der Waals surface area contributed by atoms with Gasteiger partial charge in [-0.15, -0.1) is 0 Å². The van der Waals surface area contributed by atoms with Crippen LogP contribution < -0.4 is 4.90 Å². The number of carbonyl (C=O) groups excluding carboxylic acids is 1. The molecule has 0 N–H and O–H groups in total. The number of alkyl halides is 3. The predicted molar refractivity (Wildman–Crippen MR) is 82.8 cm³/mol. The molecule has 1 heterocycles. The second-order valence-electron chi connectivity index (χ2n) is 4.87. The summed E-state index contributed by atoms with van der Waals surface area (Å²) in [6.07, 6.45) is -2.69. The minimum absolute atomic E-state index is 0.176. The average molecular weight is 343 g/mol. The molecule has 1 amide bonds. The van der Waals surface area contributed by atoms with Crippen molar-refractivity contribution in [2.45, 2.75) is 20.0 Å². The smallest absolute Gasteiger partial charge is 0.307 e. The summed E-state index contributed by atoms with van der Waals surface area (Å²) in [5.74, 6) is -0.788. The van der Waals surface area contributed by atoms with Crippen molar-refractivity contribution in [3.8, 4) is 0 Å². The van der Waals surface area contributed by atoms with Gasteiger partial charge >= 0.3 is 6.18 Å². The van der Waals surface area contributed by atoms with E-state index < -0.39 is 23.2 Å². The molecular weight excluding hydrogens is 329 g/mol. The Kier molecular flexibility index (Phi) is 4.94. The van der Waals surface area contributed by atoms with Gasteiger partial charge in [-0.2, -0.15) is 13.2 Å². The number of aromatic nitrogens is 1. The van der Waals surface area contributed by atoms with Crippen LogP contribution in [0.1, 0.15) is 28.4 Å². The van der Waals surface area contributed by atoms with E-state index in [1.165, 1.54) is 4.90 Å². The maximum atomic E-state index is 13.1. The Morgan fingerprint density at radius 2 is 2.00 bits per heavy atom. The molecule has 23 heavy (non-hydrogen) atoms. The average Bonchev–Trinajstić information content (AvgIpc) is 2.49. The Bertz CT molecular complexity index is 711. The van der Waals surface area contributed by atoms with Crippen molar-refractivity contribution < 1.29 is 18.0 Å². The zero-order valence-electron chi connectivity index (χ0n) is 12.5. The van der Waals surface area contributed by atoms with Gasteiger partial charge in [0.05, 0.1) is 21.8 Å². The molecule has 0 aliphatic carbocycles. The van der Waals surface area contributed by atoms with Gasteiger partial charge in [-0.3, -0.25) is 9.78 Å². The van der Waals surface area contributed by atoms with E-state index >= 15 is 0 Å². The summed E-state index contributed by atoms with van der Waals surface area (Å²) in [6.45, 7) is 3.59. The van der Waals surface area contributed by atoms with Crippen LogP contribution in [0.15, 0.2) is 36.7 Å². The van der Waals surface area contributed by atoms with Crippen LogP contribution in [0.5, 0.6) is 0 Å². The van der Waals surface area contributed by atoms with Crippen molar-refractivity contribution in [3.63, 3.8) is 0 Å². The van der Waals surface area contributed by atoms with Crippen molar-refractivity contribution >= 4 is 23.2 Å². The summed E-state index contributed by atoms with van der Waals surface area (Å²) >= 11 is 6.13. The van der Waals surface area contributed by atoms with Crippen LogP contribution in [0, 0.1) is 6.92 Å². The molecule has 0 fully saturated rings. The number of aryl methyl sites for hydroxylation is 1. The molecule has 3 nitrogen and oxygen atoms in total. The quantitative estimate of drug-likeness (QED) is 0.808. The van der Waals surface area contributed by atoms with Crippen LogP contribution in [0.3, 0.4) is 0 Å². The fourth-order valence-corrected chi connectivity index (χ4v) is 2.65. The van der Waals surface area contributed by atoms with E-state index in [9.17, 15) is 18.0 Å². The Morgan fingerprint density at radius 1 is 1.30 bits per heavy atom. The standard InChI is InChI=1S/C16H14ClF3N2O/c1-3-22(14-10(2)5-4-6-13(14)17)15(23)11-9-21-8-7-12(11)16(18,19)20/h4-9H,3H2,1-2H3. The first-order valence-corrected chi connectivity index (χ1v) is 7.23. The molecule has 2 rings (SSSR count). The number of hydrogen-bond acceptors (Lipinski definition) is 2. The zero-order chi connectivity index (χ0) is 17.2. The lowest BCUT2D eigenvalue weighted by Crippen LogP contribution is -2.33. The third kappa shape index (κ3) is 3.47. The molecule has 0 aliphatic heterocycles. The van der Waals surface area contributed by atoms with E-state index in [0.29, 0.717) is 16.3 Å². The summed E-state index contributed by atoms with van der Waals surface area (Å²) < 4.78 is 39.3. The number of halogens is 4. The molecule has 1 aromatic carbocycles. The van der Waals surface area contributed by atoms with Gasteiger partial charge in [-0.05, 0) is 31.5 Å². The van der Waals surface area contributed by atoms with Crippen LogP contribution in [0.4, 0.5) is 18.9 Å².